The quantitative estimate of drug-likeness (QED) is 0.349. The molecule has 31 heavy (non-hydrogen) atoms. The second-order valence-electron chi connectivity index (χ2n) is 8.89. The Balaban J connectivity index is 2.12. The smallest absolute Gasteiger partial charge is 0.332 e. The maximum Gasteiger partial charge on any atom is 0.332 e. The van der Waals surface area contributed by atoms with Crippen LogP contribution in [-0.2, 0) is 9.53 Å². The Labute approximate surface area is 185 Å². The molecular formula is C28H31NO2. The molecule has 0 saturated heterocycles. The first-order chi connectivity index (χ1) is 14.7. The molecule has 0 radical (unpaired) electrons. The first-order valence-corrected chi connectivity index (χ1v) is 10.7. The number of benzene rings is 3. The van der Waals surface area contributed by atoms with Crippen LogP contribution in [0, 0.1) is 6.92 Å². The van der Waals surface area contributed by atoms with Crippen molar-refractivity contribution in [2.24, 2.45) is 4.99 Å². The van der Waals surface area contributed by atoms with E-state index in [1.807, 2.05) is 88.4 Å². The Kier molecular flexibility index (Phi) is 7.06. The molecule has 3 aromatic carbocycles. The Morgan fingerprint density at radius 3 is 1.74 bits per heavy atom. The summed E-state index contributed by atoms with van der Waals surface area (Å²) in [6.07, 6.45) is 0. The third-order valence-electron chi connectivity index (χ3n) is 5.09. The Morgan fingerprint density at radius 1 is 0.806 bits per heavy atom. The zero-order valence-corrected chi connectivity index (χ0v) is 19.0. The summed E-state index contributed by atoms with van der Waals surface area (Å²) in [5.74, 6) is -0.456. The second-order valence-corrected chi connectivity index (χ2v) is 8.89. The monoisotopic (exact) mass is 413 g/mol. The van der Waals surface area contributed by atoms with Crippen LogP contribution in [-0.4, -0.2) is 23.3 Å². The predicted octanol–water partition coefficient (Wildman–Crippen LogP) is 6.35. The average Bonchev–Trinajstić information content (AvgIpc) is 2.74. The number of carbonyl (C=O) groups is 1. The molecule has 3 nitrogen and oxygen atoms in total. The van der Waals surface area contributed by atoms with Crippen LogP contribution >= 0.6 is 0 Å². The molecule has 0 fully saturated rings. The lowest BCUT2D eigenvalue weighted by molar-refractivity contribution is -0.156. The highest BCUT2D eigenvalue weighted by Crippen LogP contribution is 2.26. The summed E-state index contributed by atoms with van der Waals surface area (Å²) in [5, 5.41) is 0. The number of carbonyl (C=O) groups excluding carboxylic acids is 1. The van der Waals surface area contributed by atoms with Crippen molar-refractivity contribution in [1.29, 1.82) is 0 Å². The Morgan fingerprint density at radius 2 is 1.29 bits per heavy atom. The molecule has 0 aromatic heterocycles. The van der Waals surface area contributed by atoms with Crippen molar-refractivity contribution in [1.82, 2.24) is 0 Å². The van der Waals surface area contributed by atoms with E-state index in [2.05, 4.69) is 31.2 Å². The minimum Gasteiger partial charge on any atom is -0.458 e. The van der Waals surface area contributed by atoms with E-state index in [0.717, 1.165) is 22.4 Å². The number of hydrogen-bond acceptors (Lipinski definition) is 3. The van der Waals surface area contributed by atoms with Gasteiger partial charge in [0.25, 0.3) is 0 Å². The van der Waals surface area contributed by atoms with Crippen molar-refractivity contribution in [2.45, 2.75) is 52.2 Å². The second kappa shape index (κ2) is 9.74. The highest BCUT2D eigenvalue weighted by molar-refractivity contribution is 6.13. The summed E-state index contributed by atoms with van der Waals surface area (Å²) < 4.78 is 5.79. The minimum absolute atomic E-state index is 0.141. The fraction of sp³-hybridized carbons (Fsp3) is 0.286. The van der Waals surface area contributed by atoms with Crippen LogP contribution in [0.5, 0.6) is 0 Å². The van der Waals surface area contributed by atoms with Gasteiger partial charge in [0.15, 0.2) is 6.04 Å². The van der Waals surface area contributed by atoms with Gasteiger partial charge in [-0.2, -0.15) is 0 Å². The first kappa shape index (κ1) is 22.5. The number of rotatable bonds is 6. The number of esters is 1. The van der Waals surface area contributed by atoms with Gasteiger partial charge in [-0.1, -0.05) is 97.4 Å². The van der Waals surface area contributed by atoms with Gasteiger partial charge in [-0.05, 0) is 33.3 Å². The normalized spacial score (nSPS) is 13.2. The van der Waals surface area contributed by atoms with Gasteiger partial charge in [0, 0.05) is 17.0 Å². The van der Waals surface area contributed by atoms with Gasteiger partial charge in [0.2, 0.25) is 0 Å². The van der Waals surface area contributed by atoms with Crippen molar-refractivity contribution in [3.8, 4) is 0 Å². The van der Waals surface area contributed by atoms with E-state index in [9.17, 15) is 4.79 Å². The van der Waals surface area contributed by atoms with Crippen LogP contribution in [0.1, 0.15) is 55.9 Å². The molecule has 3 heteroatoms. The van der Waals surface area contributed by atoms with Crippen LogP contribution < -0.4 is 0 Å². The van der Waals surface area contributed by atoms with E-state index in [4.69, 9.17) is 9.73 Å². The molecule has 0 aliphatic heterocycles. The number of nitrogens with zero attached hydrogens (tertiary/aromatic N) is 1. The van der Waals surface area contributed by atoms with Crippen molar-refractivity contribution in [2.75, 3.05) is 0 Å². The first-order valence-electron chi connectivity index (χ1n) is 10.7. The summed E-state index contributed by atoms with van der Waals surface area (Å²) in [7, 11) is 0. The van der Waals surface area contributed by atoms with Crippen LogP contribution in [0.2, 0.25) is 0 Å². The molecule has 0 amide bonds. The molecule has 0 aliphatic rings. The molecule has 3 rings (SSSR count). The molecule has 0 spiro atoms. The van der Waals surface area contributed by atoms with Crippen LogP contribution in [0.15, 0.2) is 89.9 Å². The summed E-state index contributed by atoms with van der Waals surface area (Å²) in [5.41, 5.74) is 4.39. The van der Waals surface area contributed by atoms with Gasteiger partial charge >= 0.3 is 5.97 Å². The number of aryl methyl sites for hydroxylation is 1. The molecule has 0 bridgehead atoms. The zero-order chi connectivity index (χ0) is 22.4. The van der Waals surface area contributed by atoms with Gasteiger partial charge in [-0.15, -0.1) is 0 Å². The minimum atomic E-state index is -0.669. The van der Waals surface area contributed by atoms with E-state index in [-0.39, 0.29) is 11.9 Å². The van der Waals surface area contributed by atoms with E-state index < -0.39 is 11.6 Å². The molecule has 1 unspecified atom stereocenters. The Hall–Kier alpha value is -3.20. The van der Waals surface area contributed by atoms with Crippen molar-refractivity contribution in [3.05, 3.63) is 107 Å². The molecule has 2 atom stereocenters. The van der Waals surface area contributed by atoms with Gasteiger partial charge < -0.3 is 4.74 Å². The number of ether oxygens (including phenoxy) is 1. The fourth-order valence-corrected chi connectivity index (χ4v) is 3.43. The predicted molar refractivity (Wildman–Crippen MR) is 128 cm³/mol. The lowest BCUT2D eigenvalue weighted by Crippen LogP contribution is -2.34. The van der Waals surface area contributed by atoms with E-state index >= 15 is 0 Å². The van der Waals surface area contributed by atoms with Gasteiger partial charge in [-0.3, -0.25) is 4.99 Å². The van der Waals surface area contributed by atoms with E-state index in [1.54, 1.807) is 0 Å². The van der Waals surface area contributed by atoms with Gasteiger partial charge in [0.1, 0.15) is 5.60 Å². The summed E-state index contributed by atoms with van der Waals surface area (Å²) >= 11 is 0. The van der Waals surface area contributed by atoms with Gasteiger partial charge in [-0.25, -0.2) is 4.79 Å². The lowest BCUT2D eigenvalue weighted by Gasteiger charge is -2.26. The Bertz CT molecular complexity index is 975. The SMILES string of the molecule is Cc1ccc(C(C)[C@H](N=C(c2ccccc2)c2ccccc2)C(=O)OC(C)(C)C)cc1. The molecule has 160 valence electrons. The molecule has 0 heterocycles. The third-order valence-corrected chi connectivity index (χ3v) is 5.09. The van der Waals surface area contributed by atoms with Crippen molar-refractivity contribution < 1.29 is 9.53 Å². The molecule has 3 aromatic rings. The van der Waals surface area contributed by atoms with E-state index in [1.165, 1.54) is 5.56 Å². The van der Waals surface area contributed by atoms with Crippen LogP contribution in [0.3, 0.4) is 0 Å². The van der Waals surface area contributed by atoms with Crippen LogP contribution in [0.25, 0.3) is 0 Å². The fourth-order valence-electron chi connectivity index (χ4n) is 3.43. The molecule has 0 aliphatic carbocycles. The van der Waals surface area contributed by atoms with Gasteiger partial charge in [0.05, 0.1) is 5.71 Å². The number of hydrogen-bond donors (Lipinski definition) is 0. The topological polar surface area (TPSA) is 38.7 Å². The van der Waals surface area contributed by atoms with Crippen molar-refractivity contribution >= 4 is 11.7 Å². The number of aliphatic imine (C=N–C) groups is 1. The summed E-state index contributed by atoms with van der Waals surface area (Å²) in [4.78, 5) is 18.4. The van der Waals surface area contributed by atoms with Crippen molar-refractivity contribution in [3.63, 3.8) is 0 Å². The largest absolute Gasteiger partial charge is 0.458 e. The van der Waals surface area contributed by atoms with E-state index in [0.29, 0.717) is 0 Å². The standard InChI is InChI=1S/C28H31NO2/c1-20-16-18-22(19-17-20)21(2)25(27(30)31-28(3,4)5)29-26(23-12-8-6-9-13-23)24-14-10-7-11-15-24/h6-19,21,25H,1-5H3/t21?,25-/m0/s1. The maximum absolute atomic E-state index is 13.3. The highest BCUT2D eigenvalue weighted by Gasteiger charge is 2.31. The lowest BCUT2D eigenvalue weighted by atomic mass is 9.92. The summed E-state index contributed by atoms with van der Waals surface area (Å²) in [6.45, 7) is 9.75. The zero-order valence-electron chi connectivity index (χ0n) is 19.0. The van der Waals surface area contributed by atoms with Crippen LogP contribution in [0.4, 0.5) is 0 Å². The average molecular weight is 414 g/mol. The molecule has 0 saturated carbocycles. The molecular weight excluding hydrogens is 382 g/mol. The third kappa shape index (κ3) is 6.14. The molecule has 0 N–H and O–H groups in total. The maximum atomic E-state index is 13.3. The summed E-state index contributed by atoms with van der Waals surface area (Å²) in [6, 6.07) is 27.6. The highest BCUT2D eigenvalue weighted by atomic mass is 16.6.